The minimum atomic E-state index is -4.40. The highest BCUT2D eigenvalue weighted by Gasteiger charge is 2.43. The van der Waals surface area contributed by atoms with Crippen LogP contribution in [0.25, 0.3) is 0 Å². The van der Waals surface area contributed by atoms with Gasteiger partial charge in [-0.15, -0.1) is 12.4 Å². The molecule has 1 atom stereocenters. The average molecular weight is 413 g/mol. The van der Waals surface area contributed by atoms with Crippen molar-refractivity contribution < 1.29 is 26.7 Å². The molecule has 2 aliphatic rings. The van der Waals surface area contributed by atoms with Crippen molar-refractivity contribution in [2.75, 3.05) is 26.2 Å². The van der Waals surface area contributed by atoms with Crippen molar-refractivity contribution in [2.24, 2.45) is 5.92 Å². The predicted octanol–water partition coefficient (Wildman–Crippen LogP) is 4.27. The third-order valence-corrected chi connectivity index (χ3v) is 5.27. The number of piperidine rings is 2. The lowest BCUT2D eigenvalue weighted by Crippen LogP contribution is -2.44. The van der Waals surface area contributed by atoms with E-state index < -0.39 is 41.7 Å². The molecule has 2 heterocycles. The molecule has 1 amide bonds. The van der Waals surface area contributed by atoms with E-state index in [-0.39, 0.29) is 43.3 Å². The second-order valence-electron chi connectivity index (χ2n) is 7.01. The summed E-state index contributed by atoms with van der Waals surface area (Å²) in [5.74, 6) is -4.18. The van der Waals surface area contributed by atoms with E-state index in [1.165, 1.54) is 0 Å². The van der Waals surface area contributed by atoms with Gasteiger partial charge in [0.2, 0.25) is 0 Å². The number of amides is 1. The van der Waals surface area contributed by atoms with E-state index in [4.69, 9.17) is 0 Å². The number of carbonyl (C=O) groups excluding carboxylic acids is 1. The summed E-state index contributed by atoms with van der Waals surface area (Å²) >= 11 is 0. The molecule has 0 saturated carbocycles. The highest BCUT2D eigenvalue weighted by molar-refractivity contribution is 5.94. The zero-order chi connectivity index (χ0) is 18.9. The lowest BCUT2D eigenvalue weighted by atomic mass is 9.89. The van der Waals surface area contributed by atoms with Gasteiger partial charge in [0.1, 0.15) is 11.6 Å². The minimum Gasteiger partial charge on any atom is -0.338 e. The highest BCUT2D eigenvalue weighted by atomic mass is 35.5. The fraction of sp³-hybridized carbons (Fsp3) is 0.611. The van der Waals surface area contributed by atoms with E-state index in [9.17, 15) is 26.7 Å². The average Bonchev–Trinajstić information content (AvgIpc) is 2.63. The Kier molecular flexibility index (Phi) is 7.08. The van der Waals surface area contributed by atoms with Gasteiger partial charge in [0.25, 0.3) is 5.91 Å². The van der Waals surface area contributed by atoms with E-state index in [1.54, 1.807) is 0 Å². The van der Waals surface area contributed by atoms with Gasteiger partial charge in [-0.05, 0) is 62.4 Å². The molecule has 2 fully saturated rings. The summed E-state index contributed by atoms with van der Waals surface area (Å²) in [5, 5.41) is 3.14. The van der Waals surface area contributed by atoms with Gasteiger partial charge in [-0.3, -0.25) is 4.79 Å². The van der Waals surface area contributed by atoms with Crippen LogP contribution in [0, 0.1) is 17.6 Å². The van der Waals surface area contributed by atoms with Crippen molar-refractivity contribution in [3.63, 3.8) is 0 Å². The number of rotatable bonds is 2. The second kappa shape index (κ2) is 8.73. The first kappa shape index (κ1) is 21.9. The molecule has 1 N–H and O–H groups in total. The topological polar surface area (TPSA) is 32.3 Å². The van der Waals surface area contributed by atoms with Crippen LogP contribution in [0.1, 0.15) is 47.5 Å². The summed E-state index contributed by atoms with van der Waals surface area (Å²) < 4.78 is 67.7. The molecule has 152 valence electrons. The quantitative estimate of drug-likeness (QED) is 0.736. The summed E-state index contributed by atoms with van der Waals surface area (Å²) in [6.45, 7) is 1.01. The first-order chi connectivity index (χ1) is 12.3. The van der Waals surface area contributed by atoms with E-state index in [1.807, 2.05) is 0 Å². The van der Waals surface area contributed by atoms with Gasteiger partial charge in [-0.2, -0.15) is 13.2 Å². The molecular weight excluding hydrogens is 391 g/mol. The van der Waals surface area contributed by atoms with Gasteiger partial charge in [0.05, 0.1) is 11.5 Å². The number of hydrogen-bond acceptors (Lipinski definition) is 2. The third-order valence-electron chi connectivity index (χ3n) is 5.27. The third kappa shape index (κ3) is 4.90. The summed E-state index contributed by atoms with van der Waals surface area (Å²) in [5.41, 5.74) is -0.268. The Labute approximate surface area is 160 Å². The van der Waals surface area contributed by atoms with E-state index in [2.05, 4.69) is 5.32 Å². The minimum absolute atomic E-state index is 0. The van der Waals surface area contributed by atoms with Crippen LogP contribution < -0.4 is 5.32 Å². The lowest BCUT2D eigenvalue weighted by molar-refractivity contribution is -0.184. The van der Waals surface area contributed by atoms with Crippen LogP contribution in [0.5, 0.6) is 0 Å². The van der Waals surface area contributed by atoms with Gasteiger partial charge in [-0.1, -0.05) is 0 Å². The number of carbonyl (C=O) groups is 1. The molecule has 0 aromatic heterocycles. The summed E-state index contributed by atoms with van der Waals surface area (Å²) in [7, 11) is 0. The van der Waals surface area contributed by atoms with Crippen LogP contribution in [0.3, 0.4) is 0 Å². The summed E-state index contributed by atoms with van der Waals surface area (Å²) in [6, 6.07) is 1.87. The Hall–Kier alpha value is -1.41. The van der Waals surface area contributed by atoms with Crippen LogP contribution in [-0.4, -0.2) is 43.2 Å². The molecule has 0 bridgehead atoms. The van der Waals surface area contributed by atoms with Crippen LogP contribution in [-0.2, 0) is 0 Å². The number of nitrogens with one attached hydrogen (secondary N) is 1. The molecule has 2 aliphatic heterocycles. The summed E-state index contributed by atoms with van der Waals surface area (Å²) in [4.78, 5) is 13.5. The van der Waals surface area contributed by atoms with Crippen molar-refractivity contribution in [1.29, 1.82) is 0 Å². The number of halogens is 6. The fourth-order valence-corrected chi connectivity index (χ4v) is 3.77. The van der Waals surface area contributed by atoms with Crippen LogP contribution in [0.15, 0.2) is 12.1 Å². The standard InChI is InChI=1S/C18H21F5N2O.ClH/c19-15-9-14(16(20)8-13(15)11-3-5-24-6-4-11)17(26)25-7-1-2-12(10-25)18(21,22)23;/h8-9,11-12,24H,1-7,10H2;1H. The van der Waals surface area contributed by atoms with Gasteiger partial charge in [0, 0.05) is 13.1 Å². The SMILES string of the molecule is Cl.O=C(c1cc(F)c(C2CCNCC2)cc1F)N1CCCC(C(F)(F)F)C1. The molecule has 2 saturated heterocycles. The van der Waals surface area contributed by atoms with Gasteiger partial charge in [0.15, 0.2) is 0 Å². The zero-order valence-corrected chi connectivity index (χ0v) is 15.4. The first-order valence-electron chi connectivity index (χ1n) is 8.83. The molecule has 0 radical (unpaired) electrons. The van der Waals surface area contributed by atoms with Gasteiger partial charge >= 0.3 is 6.18 Å². The maximum absolute atomic E-state index is 14.5. The van der Waals surface area contributed by atoms with E-state index in [0.29, 0.717) is 25.9 Å². The number of nitrogens with zero attached hydrogens (tertiary/aromatic N) is 1. The molecule has 1 aromatic rings. The van der Waals surface area contributed by atoms with Crippen molar-refractivity contribution in [1.82, 2.24) is 10.2 Å². The van der Waals surface area contributed by atoms with Crippen molar-refractivity contribution in [3.05, 3.63) is 34.9 Å². The smallest absolute Gasteiger partial charge is 0.338 e. The fourth-order valence-electron chi connectivity index (χ4n) is 3.77. The van der Waals surface area contributed by atoms with E-state index in [0.717, 1.165) is 17.0 Å². The summed E-state index contributed by atoms with van der Waals surface area (Å²) in [6.07, 6.45) is -2.93. The van der Waals surface area contributed by atoms with Crippen LogP contribution >= 0.6 is 12.4 Å². The molecule has 0 spiro atoms. The van der Waals surface area contributed by atoms with E-state index >= 15 is 0 Å². The molecule has 9 heteroatoms. The maximum atomic E-state index is 14.5. The number of alkyl halides is 3. The van der Waals surface area contributed by atoms with Crippen molar-refractivity contribution in [3.8, 4) is 0 Å². The second-order valence-corrected chi connectivity index (χ2v) is 7.01. The molecule has 0 aliphatic carbocycles. The Morgan fingerprint density at radius 1 is 1.07 bits per heavy atom. The van der Waals surface area contributed by atoms with Gasteiger partial charge < -0.3 is 10.2 Å². The molecule has 3 rings (SSSR count). The molecule has 3 nitrogen and oxygen atoms in total. The predicted molar refractivity (Wildman–Crippen MR) is 93.1 cm³/mol. The number of likely N-dealkylation sites (tertiary alicyclic amines) is 1. The first-order valence-corrected chi connectivity index (χ1v) is 8.83. The Morgan fingerprint density at radius 2 is 1.74 bits per heavy atom. The maximum Gasteiger partial charge on any atom is 0.393 e. The molecule has 1 unspecified atom stereocenters. The zero-order valence-electron chi connectivity index (χ0n) is 14.6. The molecular formula is C18H22ClF5N2O. The Balaban J connectivity index is 0.00000261. The van der Waals surface area contributed by atoms with Gasteiger partial charge in [-0.25, -0.2) is 8.78 Å². The monoisotopic (exact) mass is 412 g/mol. The largest absolute Gasteiger partial charge is 0.393 e. The van der Waals surface area contributed by atoms with Crippen LogP contribution in [0.2, 0.25) is 0 Å². The van der Waals surface area contributed by atoms with Crippen molar-refractivity contribution >= 4 is 18.3 Å². The Bertz CT molecular complexity index is 676. The normalized spacial score (nSPS) is 21.7. The Morgan fingerprint density at radius 3 is 2.37 bits per heavy atom. The highest BCUT2D eigenvalue weighted by Crippen LogP contribution is 2.34. The molecule has 27 heavy (non-hydrogen) atoms. The lowest BCUT2D eigenvalue weighted by Gasteiger charge is -2.34. The number of benzene rings is 1. The van der Waals surface area contributed by atoms with Crippen molar-refractivity contribution in [2.45, 2.75) is 37.8 Å². The number of hydrogen-bond donors (Lipinski definition) is 1. The van der Waals surface area contributed by atoms with Crippen LogP contribution in [0.4, 0.5) is 22.0 Å². The molecule has 1 aromatic carbocycles.